The van der Waals surface area contributed by atoms with E-state index in [9.17, 15) is 8.78 Å². The first-order valence-electron chi connectivity index (χ1n) is 8.07. The van der Waals surface area contributed by atoms with Gasteiger partial charge in [-0.1, -0.05) is 23.4 Å². The van der Waals surface area contributed by atoms with Crippen LogP contribution >= 0.6 is 23.4 Å². The molecule has 0 amide bonds. The number of aromatic nitrogens is 3. The van der Waals surface area contributed by atoms with Gasteiger partial charge in [0.25, 0.3) is 0 Å². The summed E-state index contributed by atoms with van der Waals surface area (Å²) in [6.45, 7) is 0. The molecular formula is C15H12ClF2N3O2S. The number of nitrogens with zero attached hydrogens (tertiary/aromatic N) is 3. The Balaban J connectivity index is 1.94. The highest BCUT2D eigenvalue weighted by molar-refractivity contribution is 7.98. The van der Waals surface area contributed by atoms with Crippen molar-refractivity contribution in [3.63, 3.8) is 0 Å². The summed E-state index contributed by atoms with van der Waals surface area (Å²) in [6, 6.07) is 3.22. The maximum atomic E-state index is 14.1. The van der Waals surface area contributed by atoms with Crippen molar-refractivity contribution in [2.24, 2.45) is 0 Å². The lowest BCUT2D eigenvalue weighted by atomic mass is 10.3. The summed E-state index contributed by atoms with van der Waals surface area (Å²) in [5.74, 6) is -1.56. The van der Waals surface area contributed by atoms with Gasteiger partial charge in [0.2, 0.25) is 5.16 Å². The van der Waals surface area contributed by atoms with E-state index in [1.54, 1.807) is 0 Å². The minimum Gasteiger partial charge on any atom is -0.493 e. The number of imidazole rings is 1. The Labute approximate surface area is 149 Å². The number of hydrogen-bond donors (Lipinski definition) is 0. The molecule has 126 valence electrons. The molecule has 9 heteroatoms. The Morgan fingerprint density at radius 2 is 2.25 bits per heavy atom. The molecule has 0 saturated carbocycles. The molecule has 24 heavy (non-hydrogen) atoms. The fraction of sp³-hybridized carbons (Fsp3) is 0.200. The highest BCUT2D eigenvalue weighted by Gasteiger charge is 2.18. The van der Waals surface area contributed by atoms with E-state index in [2.05, 4.69) is 9.97 Å². The van der Waals surface area contributed by atoms with Gasteiger partial charge in [0.15, 0.2) is 11.6 Å². The lowest BCUT2D eigenvalue weighted by Gasteiger charge is -2.09. The number of benzene rings is 1. The molecule has 0 radical (unpaired) electrons. The standard InChI is InChI=1S/C15H12ClF2N3O2S/c1-22-14-9(16)3-4-19-12(14)7-24-15-20-11-6-8(17)5-10(18)13(11)21(15)23-2/h3-6H,7H2,1-2H3/i1D3. The molecule has 0 unspecified atom stereocenters. The van der Waals surface area contributed by atoms with E-state index in [4.69, 9.17) is 25.3 Å². The van der Waals surface area contributed by atoms with Gasteiger partial charge in [0.05, 0.1) is 27.4 Å². The van der Waals surface area contributed by atoms with E-state index in [0.717, 1.165) is 28.6 Å². The van der Waals surface area contributed by atoms with E-state index in [1.165, 1.54) is 19.4 Å². The molecule has 5 nitrogen and oxygen atoms in total. The molecule has 2 aromatic heterocycles. The van der Waals surface area contributed by atoms with Gasteiger partial charge in [0.1, 0.15) is 18.4 Å². The van der Waals surface area contributed by atoms with Crippen molar-refractivity contribution >= 4 is 34.4 Å². The van der Waals surface area contributed by atoms with Crippen LogP contribution in [-0.2, 0) is 5.75 Å². The smallest absolute Gasteiger partial charge is 0.204 e. The maximum Gasteiger partial charge on any atom is 0.204 e. The zero-order valence-corrected chi connectivity index (χ0v) is 13.8. The van der Waals surface area contributed by atoms with Crippen LogP contribution in [0.5, 0.6) is 5.75 Å². The van der Waals surface area contributed by atoms with E-state index < -0.39 is 18.7 Å². The number of methoxy groups -OCH3 is 1. The lowest BCUT2D eigenvalue weighted by molar-refractivity contribution is 0.153. The minimum atomic E-state index is -2.70. The molecular weight excluding hydrogens is 360 g/mol. The van der Waals surface area contributed by atoms with Crippen LogP contribution in [0.2, 0.25) is 5.02 Å². The van der Waals surface area contributed by atoms with Crippen LogP contribution in [-0.4, -0.2) is 28.8 Å². The van der Waals surface area contributed by atoms with Crippen molar-refractivity contribution in [1.82, 2.24) is 14.7 Å². The maximum absolute atomic E-state index is 14.1. The average molecular weight is 375 g/mol. The molecule has 0 bridgehead atoms. The van der Waals surface area contributed by atoms with Crippen LogP contribution in [0.3, 0.4) is 0 Å². The Hall–Kier alpha value is -2.06. The normalized spacial score (nSPS) is 13.4. The van der Waals surface area contributed by atoms with Gasteiger partial charge in [-0.3, -0.25) is 4.98 Å². The fourth-order valence-corrected chi connectivity index (χ4v) is 3.27. The first-order valence-corrected chi connectivity index (χ1v) is 7.93. The molecule has 0 atom stereocenters. The molecule has 0 spiro atoms. The van der Waals surface area contributed by atoms with Crippen LogP contribution in [0.25, 0.3) is 11.0 Å². The monoisotopic (exact) mass is 374 g/mol. The lowest BCUT2D eigenvalue weighted by Crippen LogP contribution is -2.08. The summed E-state index contributed by atoms with van der Waals surface area (Å²) in [5.41, 5.74) is 0.319. The van der Waals surface area contributed by atoms with Gasteiger partial charge >= 0.3 is 0 Å². The Bertz CT molecular complexity index is 1000. The summed E-state index contributed by atoms with van der Waals surface area (Å²) >= 11 is 7.08. The van der Waals surface area contributed by atoms with Crippen molar-refractivity contribution < 1.29 is 22.5 Å². The third kappa shape index (κ3) is 2.99. The molecule has 0 aliphatic rings. The van der Waals surface area contributed by atoms with Crippen LogP contribution in [0.4, 0.5) is 8.78 Å². The first kappa shape index (κ1) is 13.3. The number of ether oxygens (including phenoxy) is 1. The van der Waals surface area contributed by atoms with Crippen LogP contribution in [0.15, 0.2) is 29.6 Å². The number of halogens is 3. The van der Waals surface area contributed by atoms with Crippen molar-refractivity contribution in [1.29, 1.82) is 0 Å². The molecule has 0 aliphatic carbocycles. The second-order valence-electron chi connectivity index (χ2n) is 4.59. The van der Waals surface area contributed by atoms with Gasteiger partial charge in [-0.05, 0) is 6.07 Å². The van der Waals surface area contributed by atoms with Crippen molar-refractivity contribution in [2.75, 3.05) is 14.1 Å². The van der Waals surface area contributed by atoms with Crippen LogP contribution in [0.1, 0.15) is 9.81 Å². The van der Waals surface area contributed by atoms with Gasteiger partial charge in [-0.25, -0.2) is 13.8 Å². The Kier molecular flexibility index (Phi) is 3.77. The summed E-state index contributed by atoms with van der Waals surface area (Å²) < 4.78 is 55.3. The van der Waals surface area contributed by atoms with Gasteiger partial charge < -0.3 is 9.57 Å². The minimum absolute atomic E-state index is 0.0144. The van der Waals surface area contributed by atoms with Gasteiger partial charge in [-0.2, -0.15) is 4.73 Å². The molecule has 0 aliphatic heterocycles. The predicted octanol–water partition coefficient (Wildman–Crippen LogP) is 3.72. The van der Waals surface area contributed by atoms with E-state index in [1.807, 2.05) is 0 Å². The van der Waals surface area contributed by atoms with Gasteiger partial charge in [0, 0.05) is 24.1 Å². The molecule has 2 heterocycles. The predicted molar refractivity (Wildman–Crippen MR) is 87.5 cm³/mol. The number of rotatable bonds is 5. The quantitative estimate of drug-likeness (QED) is 0.637. The second kappa shape index (κ2) is 6.82. The zero-order chi connectivity index (χ0) is 19.8. The van der Waals surface area contributed by atoms with Crippen molar-refractivity contribution in [3.05, 3.63) is 46.7 Å². The molecule has 0 N–H and O–H groups in total. The van der Waals surface area contributed by atoms with E-state index in [-0.39, 0.29) is 38.4 Å². The SMILES string of the molecule is [2H]C([2H])([2H])Oc1c(Cl)ccnc1CSc1nc2cc(F)cc(F)c2n1OC. The zero-order valence-electron chi connectivity index (χ0n) is 15.2. The fourth-order valence-electron chi connectivity index (χ4n) is 2.15. The molecule has 0 fully saturated rings. The largest absolute Gasteiger partial charge is 0.493 e. The number of pyridine rings is 1. The van der Waals surface area contributed by atoms with Crippen molar-refractivity contribution in [3.8, 4) is 5.75 Å². The number of hydrogen-bond acceptors (Lipinski definition) is 5. The van der Waals surface area contributed by atoms with Crippen LogP contribution < -0.4 is 9.57 Å². The summed E-state index contributed by atoms with van der Waals surface area (Å²) in [4.78, 5) is 13.4. The second-order valence-corrected chi connectivity index (χ2v) is 5.94. The number of fused-ring (bicyclic) bond motifs is 1. The highest BCUT2D eigenvalue weighted by atomic mass is 35.5. The van der Waals surface area contributed by atoms with Crippen molar-refractivity contribution in [2.45, 2.75) is 10.9 Å². The van der Waals surface area contributed by atoms with Gasteiger partial charge in [-0.15, -0.1) is 0 Å². The van der Waals surface area contributed by atoms with Crippen LogP contribution in [0, 0.1) is 11.6 Å². The molecule has 3 rings (SSSR count). The average Bonchev–Trinajstić information content (AvgIpc) is 2.92. The van der Waals surface area contributed by atoms with E-state index >= 15 is 0 Å². The molecule has 1 aromatic carbocycles. The summed E-state index contributed by atoms with van der Waals surface area (Å²) in [6.07, 6.45) is 1.40. The summed E-state index contributed by atoms with van der Waals surface area (Å²) in [7, 11) is -1.39. The summed E-state index contributed by atoms with van der Waals surface area (Å²) in [5, 5.41) is 0.309. The number of thioether (sulfide) groups is 1. The third-order valence-corrected chi connectivity index (χ3v) is 4.38. The Morgan fingerprint density at radius 1 is 1.42 bits per heavy atom. The van der Waals surface area contributed by atoms with E-state index in [0.29, 0.717) is 0 Å². The third-order valence-electron chi connectivity index (χ3n) is 3.15. The molecule has 3 aromatic rings. The topological polar surface area (TPSA) is 49.2 Å². The highest BCUT2D eigenvalue weighted by Crippen LogP contribution is 2.32. The Morgan fingerprint density at radius 3 is 3.00 bits per heavy atom. The first-order chi connectivity index (χ1) is 12.7. The molecule has 0 saturated heterocycles.